The molecule has 21 heavy (non-hydrogen) atoms. The van der Waals surface area contributed by atoms with Crippen LogP contribution in [-0.4, -0.2) is 65.1 Å². The van der Waals surface area contributed by atoms with Crippen LogP contribution < -0.4 is 0 Å². The number of nitrogens with one attached hydrogen (secondary N) is 1. The van der Waals surface area contributed by atoms with Crippen molar-refractivity contribution in [3.05, 3.63) is 23.5 Å². The summed E-state index contributed by atoms with van der Waals surface area (Å²) in [4.78, 5) is 28.5. The number of aromatic carboxylic acids is 1. The van der Waals surface area contributed by atoms with Crippen LogP contribution in [0.25, 0.3) is 0 Å². The predicted octanol–water partition coefficient (Wildman–Crippen LogP) is -0.646. The lowest BCUT2D eigenvalue weighted by molar-refractivity contribution is 0.0485. The average molecular weight is 291 g/mol. The van der Waals surface area contributed by atoms with Crippen molar-refractivity contribution >= 4 is 11.9 Å². The van der Waals surface area contributed by atoms with Gasteiger partial charge in [0.25, 0.3) is 5.91 Å². The zero-order valence-corrected chi connectivity index (χ0v) is 11.2. The second kappa shape index (κ2) is 4.96. The molecule has 2 aromatic rings. The van der Waals surface area contributed by atoms with Crippen LogP contribution in [0, 0.1) is 0 Å². The maximum absolute atomic E-state index is 12.1. The highest BCUT2D eigenvalue weighted by Crippen LogP contribution is 2.21. The van der Waals surface area contributed by atoms with Crippen molar-refractivity contribution in [2.45, 2.75) is 19.4 Å². The largest absolute Gasteiger partial charge is 0.476 e. The Balaban J connectivity index is 1.62. The summed E-state index contributed by atoms with van der Waals surface area (Å²) in [5, 5.41) is 22.7. The van der Waals surface area contributed by atoms with Crippen molar-refractivity contribution in [2.24, 2.45) is 0 Å². The molecule has 1 aliphatic rings. The van der Waals surface area contributed by atoms with E-state index < -0.39 is 5.97 Å². The third kappa shape index (κ3) is 2.35. The number of amides is 1. The number of aromatic nitrogens is 6. The Labute approximate surface area is 118 Å². The smallest absolute Gasteiger partial charge is 0.358 e. The maximum Gasteiger partial charge on any atom is 0.358 e. The van der Waals surface area contributed by atoms with E-state index in [1.165, 1.54) is 10.9 Å². The molecule has 3 heterocycles. The van der Waals surface area contributed by atoms with Gasteiger partial charge in [-0.2, -0.15) is 0 Å². The monoisotopic (exact) mass is 291 g/mol. The number of hydrogen-bond acceptors (Lipinski definition) is 6. The van der Waals surface area contributed by atoms with Crippen LogP contribution >= 0.6 is 0 Å². The van der Waals surface area contributed by atoms with Crippen LogP contribution in [0.2, 0.25) is 0 Å². The number of carbonyl (C=O) groups excluding carboxylic acids is 1. The van der Waals surface area contributed by atoms with Gasteiger partial charge in [-0.1, -0.05) is 12.1 Å². The van der Waals surface area contributed by atoms with Gasteiger partial charge in [-0.3, -0.25) is 9.89 Å². The van der Waals surface area contributed by atoms with Crippen molar-refractivity contribution in [1.29, 1.82) is 0 Å². The second-order valence-corrected chi connectivity index (χ2v) is 4.71. The number of hydrogen-bond donors (Lipinski definition) is 2. The van der Waals surface area contributed by atoms with Crippen LogP contribution in [0.5, 0.6) is 0 Å². The van der Waals surface area contributed by atoms with Gasteiger partial charge in [0.15, 0.2) is 5.69 Å². The molecule has 0 atom stereocenters. The molecule has 0 aromatic carbocycles. The number of carboxylic acids is 1. The van der Waals surface area contributed by atoms with Crippen molar-refractivity contribution in [2.75, 3.05) is 13.1 Å². The van der Waals surface area contributed by atoms with Crippen LogP contribution in [0.1, 0.15) is 39.9 Å². The van der Waals surface area contributed by atoms with Crippen molar-refractivity contribution in [3.63, 3.8) is 0 Å². The molecule has 10 heteroatoms. The van der Waals surface area contributed by atoms with E-state index in [9.17, 15) is 9.59 Å². The molecule has 2 aromatic heterocycles. The summed E-state index contributed by atoms with van der Waals surface area (Å²) < 4.78 is 1.46. The van der Waals surface area contributed by atoms with Crippen LogP contribution in [0.3, 0.4) is 0 Å². The molecular formula is C11H13N7O3. The fourth-order valence-electron chi connectivity index (χ4n) is 2.03. The SMILES string of the molecule is CCc1nc(C(=O)N2CC(n3cc(C(=O)O)nn3)C2)n[nH]1. The highest BCUT2D eigenvalue weighted by molar-refractivity contribution is 5.91. The number of carboxylic acid groups (broad SMARTS) is 1. The lowest BCUT2D eigenvalue weighted by Crippen LogP contribution is -2.51. The predicted molar refractivity (Wildman–Crippen MR) is 67.7 cm³/mol. The number of rotatable bonds is 4. The third-order valence-electron chi connectivity index (χ3n) is 3.31. The first kappa shape index (κ1) is 13.2. The van der Waals surface area contributed by atoms with Gasteiger partial charge >= 0.3 is 5.97 Å². The van der Waals surface area contributed by atoms with Gasteiger partial charge in [0.1, 0.15) is 5.82 Å². The summed E-state index contributed by atoms with van der Waals surface area (Å²) in [7, 11) is 0. The topological polar surface area (TPSA) is 130 Å². The molecule has 1 fully saturated rings. The normalized spacial score (nSPS) is 15.0. The Bertz CT molecular complexity index is 686. The molecule has 2 N–H and O–H groups in total. The zero-order chi connectivity index (χ0) is 15.0. The van der Waals surface area contributed by atoms with Gasteiger partial charge in [-0.15, -0.1) is 10.2 Å². The van der Waals surface area contributed by atoms with Crippen LogP contribution in [0.4, 0.5) is 0 Å². The van der Waals surface area contributed by atoms with E-state index in [1.807, 2.05) is 6.92 Å². The van der Waals surface area contributed by atoms with Crippen molar-refractivity contribution in [3.8, 4) is 0 Å². The fraction of sp³-hybridized carbons (Fsp3) is 0.455. The summed E-state index contributed by atoms with van der Waals surface area (Å²) in [6.45, 7) is 2.77. The Kier molecular flexibility index (Phi) is 3.12. The van der Waals surface area contributed by atoms with Gasteiger partial charge in [-0.25, -0.2) is 14.5 Å². The molecule has 110 valence electrons. The standard InChI is InChI=1S/C11H13N7O3/c1-2-8-12-9(15-14-8)10(19)17-3-6(4-17)18-5-7(11(20)21)13-16-18/h5-6H,2-4H2,1H3,(H,20,21)(H,12,14,15). The minimum atomic E-state index is -1.12. The summed E-state index contributed by atoms with van der Waals surface area (Å²) in [6.07, 6.45) is 2.04. The van der Waals surface area contributed by atoms with Crippen molar-refractivity contribution in [1.82, 2.24) is 35.1 Å². The van der Waals surface area contributed by atoms with E-state index in [0.29, 0.717) is 25.3 Å². The van der Waals surface area contributed by atoms with E-state index in [1.54, 1.807) is 4.90 Å². The van der Waals surface area contributed by atoms with Crippen molar-refractivity contribution < 1.29 is 14.7 Å². The van der Waals surface area contributed by atoms with Gasteiger partial charge in [0.05, 0.1) is 12.2 Å². The molecule has 1 amide bonds. The minimum Gasteiger partial charge on any atom is -0.476 e. The summed E-state index contributed by atoms with van der Waals surface area (Å²) in [6, 6.07) is -0.0702. The Morgan fingerprint density at radius 1 is 1.48 bits per heavy atom. The summed E-state index contributed by atoms with van der Waals surface area (Å²) in [5.41, 5.74) is -0.110. The third-order valence-corrected chi connectivity index (χ3v) is 3.31. The molecule has 0 bridgehead atoms. The van der Waals surface area contributed by atoms with Gasteiger partial charge in [0, 0.05) is 19.5 Å². The van der Waals surface area contributed by atoms with Gasteiger partial charge in [0.2, 0.25) is 5.82 Å². The summed E-state index contributed by atoms with van der Waals surface area (Å²) in [5.74, 6) is -0.560. The Morgan fingerprint density at radius 3 is 2.81 bits per heavy atom. The highest BCUT2D eigenvalue weighted by Gasteiger charge is 2.35. The van der Waals surface area contributed by atoms with E-state index in [4.69, 9.17) is 5.11 Å². The second-order valence-electron chi connectivity index (χ2n) is 4.71. The molecule has 0 radical (unpaired) electrons. The number of nitrogens with zero attached hydrogens (tertiary/aromatic N) is 6. The number of H-pyrrole nitrogens is 1. The first-order valence-electron chi connectivity index (χ1n) is 6.44. The molecular weight excluding hydrogens is 278 g/mol. The van der Waals surface area contributed by atoms with Gasteiger partial charge in [-0.05, 0) is 0 Å². The Morgan fingerprint density at radius 2 is 2.24 bits per heavy atom. The zero-order valence-electron chi connectivity index (χ0n) is 11.2. The number of likely N-dealkylation sites (tertiary alicyclic amines) is 1. The maximum atomic E-state index is 12.1. The molecule has 1 saturated heterocycles. The minimum absolute atomic E-state index is 0.0702. The van der Waals surface area contributed by atoms with E-state index >= 15 is 0 Å². The molecule has 0 saturated carbocycles. The number of carbonyl (C=O) groups is 2. The van der Waals surface area contributed by atoms with E-state index in [-0.39, 0.29) is 23.5 Å². The molecule has 10 nitrogen and oxygen atoms in total. The molecule has 3 rings (SSSR count). The lowest BCUT2D eigenvalue weighted by atomic mass is 10.1. The van der Waals surface area contributed by atoms with E-state index in [2.05, 4.69) is 25.5 Å². The first-order valence-corrected chi connectivity index (χ1v) is 6.44. The molecule has 1 aliphatic heterocycles. The highest BCUT2D eigenvalue weighted by atomic mass is 16.4. The Hall–Kier alpha value is -2.78. The number of aromatic amines is 1. The lowest BCUT2D eigenvalue weighted by Gasteiger charge is -2.38. The van der Waals surface area contributed by atoms with E-state index in [0.717, 1.165) is 0 Å². The number of aryl methyl sites for hydroxylation is 1. The van der Waals surface area contributed by atoms with Crippen LogP contribution in [-0.2, 0) is 6.42 Å². The fourth-order valence-corrected chi connectivity index (χ4v) is 2.03. The summed E-state index contributed by atoms with van der Waals surface area (Å²) >= 11 is 0. The molecule has 0 unspecified atom stereocenters. The van der Waals surface area contributed by atoms with Gasteiger partial charge < -0.3 is 10.0 Å². The quantitative estimate of drug-likeness (QED) is 0.765. The van der Waals surface area contributed by atoms with Crippen LogP contribution in [0.15, 0.2) is 6.20 Å². The average Bonchev–Trinajstić information content (AvgIpc) is 3.05. The molecule has 0 aliphatic carbocycles. The molecule has 0 spiro atoms. The first-order chi connectivity index (χ1) is 10.1.